The van der Waals surface area contributed by atoms with Crippen LogP contribution >= 0.6 is 0 Å². The van der Waals surface area contributed by atoms with Crippen LogP contribution < -0.4 is 5.32 Å². The van der Waals surface area contributed by atoms with Crippen molar-refractivity contribution in [3.05, 3.63) is 52.9 Å². The lowest BCUT2D eigenvalue weighted by molar-refractivity contribution is -0.148. The zero-order chi connectivity index (χ0) is 22.9. The van der Waals surface area contributed by atoms with E-state index in [0.29, 0.717) is 12.1 Å². The Bertz CT molecular complexity index is 1010. The van der Waals surface area contributed by atoms with Crippen LogP contribution in [0.5, 0.6) is 0 Å². The molecule has 31 heavy (non-hydrogen) atoms. The first kappa shape index (κ1) is 22.4. The van der Waals surface area contributed by atoms with Gasteiger partial charge in [0, 0.05) is 31.6 Å². The molecule has 0 fully saturated rings. The molecule has 0 spiro atoms. The molecule has 1 aliphatic heterocycles. The van der Waals surface area contributed by atoms with E-state index in [1.54, 1.807) is 0 Å². The van der Waals surface area contributed by atoms with Gasteiger partial charge >= 0.3 is 12.3 Å². The van der Waals surface area contributed by atoms with Crippen LogP contribution in [0.3, 0.4) is 0 Å². The lowest BCUT2D eigenvalue weighted by Crippen LogP contribution is -2.44. The zero-order valence-electron chi connectivity index (χ0n) is 15.7. The monoisotopic (exact) mass is 450 g/mol. The first-order valence-corrected chi connectivity index (χ1v) is 8.98. The van der Waals surface area contributed by atoms with Crippen molar-refractivity contribution in [3.63, 3.8) is 0 Å². The van der Waals surface area contributed by atoms with Crippen LogP contribution in [-0.4, -0.2) is 44.1 Å². The number of fused-ring (bicyclic) bond motifs is 1. The molecule has 2 amide bonds. The summed E-state index contributed by atoms with van der Waals surface area (Å²) in [4.78, 5) is 28.2. The molecule has 0 saturated heterocycles. The Morgan fingerprint density at radius 1 is 1.13 bits per heavy atom. The van der Waals surface area contributed by atoms with Crippen LogP contribution in [0.15, 0.2) is 18.3 Å². The Morgan fingerprint density at radius 3 is 2.45 bits per heavy atom. The van der Waals surface area contributed by atoms with E-state index in [9.17, 15) is 35.9 Å². The van der Waals surface area contributed by atoms with Crippen LogP contribution in [0.25, 0.3) is 0 Å². The first-order chi connectivity index (χ1) is 14.5. The predicted molar refractivity (Wildman–Crippen MR) is 92.2 cm³/mol. The van der Waals surface area contributed by atoms with Crippen LogP contribution in [-0.2, 0) is 30.5 Å². The van der Waals surface area contributed by atoms with E-state index in [4.69, 9.17) is 5.11 Å². The highest BCUT2D eigenvalue weighted by molar-refractivity contribution is 5.78. The van der Waals surface area contributed by atoms with Gasteiger partial charge in [-0.3, -0.25) is 4.79 Å². The van der Waals surface area contributed by atoms with Gasteiger partial charge in [0.15, 0.2) is 11.6 Å². The molecule has 0 radical (unpaired) electrons. The summed E-state index contributed by atoms with van der Waals surface area (Å²) in [5.74, 6) is -5.54. The molecule has 168 valence electrons. The average Bonchev–Trinajstić information content (AvgIpc) is 3.09. The van der Waals surface area contributed by atoms with Crippen molar-refractivity contribution in [2.45, 2.75) is 38.1 Å². The molecule has 0 saturated carbocycles. The van der Waals surface area contributed by atoms with E-state index in [1.165, 1.54) is 4.90 Å². The lowest BCUT2D eigenvalue weighted by Gasteiger charge is -2.30. The molecule has 0 aliphatic carbocycles. The SMILES string of the molecule is O=C(O)NC(CC(=O)N1CCn2c(cnc2C(F)(F)F)C1)Cc1cc(F)c(F)cc1F. The van der Waals surface area contributed by atoms with Gasteiger partial charge in [0.25, 0.3) is 0 Å². The summed E-state index contributed by atoms with van der Waals surface area (Å²) in [6.45, 7) is -0.420. The Kier molecular flexibility index (Phi) is 6.13. The van der Waals surface area contributed by atoms with Crippen molar-refractivity contribution < 1.29 is 41.0 Å². The molecular formula is C18H16F6N4O3. The standard InChI is InChI=1S/C18H16F6N4O3/c19-12-6-14(21)13(20)4-9(12)3-10(26-17(30)31)5-15(29)27-1-2-28-11(8-27)7-25-16(28)18(22,23)24/h4,6-7,10,26H,1-3,5,8H2,(H,30,31). The second kappa shape index (κ2) is 8.47. The molecule has 7 nitrogen and oxygen atoms in total. The first-order valence-electron chi connectivity index (χ1n) is 8.98. The smallest absolute Gasteiger partial charge is 0.449 e. The maximum Gasteiger partial charge on any atom is 0.449 e. The molecule has 1 atom stereocenters. The number of halogens is 6. The van der Waals surface area contributed by atoms with Crippen LogP contribution in [0.2, 0.25) is 0 Å². The topological polar surface area (TPSA) is 87.5 Å². The molecule has 1 aromatic heterocycles. The van der Waals surface area contributed by atoms with Crippen molar-refractivity contribution in [1.82, 2.24) is 19.8 Å². The number of benzene rings is 1. The van der Waals surface area contributed by atoms with Crippen molar-refractivity contribution in [2.75, 3.05) is 6.54 Å². The van der Waals surface area contributed by atoms with E-state index in [2.05, 4.69) is 4.98 Å². The number of nitrogens with one attached hydrogen (secondary N) is 1. The van der Waals surface area contributed by atoms with Gasteiger partial charge in [0.1, 0.15) is 5.82 Å². The highest BCUT2D eigenvalue weighted by Gasteiger charge is 2.38. The molecule has 3 rings (SSSR count). The highest BCUT2D eigenvalue weighted by Crippen LogP contribution is 2.30. The van der Waals surface area contributed by atoms with Crippen molar-refractivity contribution in [2.24, 2.45) is 0 Å². The number of rotatable bonds is 5. The normalized spacial score (nSPS) is 14.8. The van der Waals surface area contributed by atoms with Gasteiger partial charge in [-0.15, -0.1) is 0 Å². The summed E-state index contributed by atoms with van der Waals surface area (Å²) >= 11 is 0. The second-order valence-corrected chi connectivity index (χ2v) is 6.95. The summed E-state index contributed by atoms with van der Waals surface area (Å²) < 4.78 is 80.2. The number of alkyl halides is 3. The van der Waals surface area contributed by atoms with Crippen molar-refractivity contribution >= 4 is 12.0 Å². The third kappa shape index (κ3) is 5.09. The molecule has 1 aromatic carbocycles. The Hall–Kier alpha value is -3.25. The lowest BCUT2D eigenvalue weighted by atomic mass is 10.0. The van der Waals surface area contributed by atoms with Gasteiger partial charge < -0.3 is 19.9 Å². The largest absolute Gasteiger partial charge is 0.465 e. The van der Waals surface area contributed by atoms with Crippen LogP contribution in [0.4, 0.5) is 31.1 Å². The maximum atomic E-state index is 13.9. The number of carbonyl (C=O) groups is 2. The molecule has 1 aliphatic rings. The summed E-state index contributed by atoms with van der Waals surface area (Å²) in [5.41, 5.74) is -0.182. The summed E-state index contributed by atoms with van der Waals surface area (Å²) in [7, 11) is 0. The average molecular weight is 450 g/mol. The fraction of sp³-hybridized carbons (Fsp3) is 0.389. The van der Waals surface area contributed by atoms with E-state index in [0.717, 1.165) is 10.8 Å². The van der Waals surface area contributed by atoms with E-state index in [-0.39, 0.29) is 30.9 Å². The van der Waals surface area contributed by atoms with Crippen molar-refractivity contribution in [3.8, 4) is 0 Å². The summed E-state index contributed by atoms with van der Waals surface area (Å²) in [6, 6.07) is -0.292. The Morgan fingerprint density at radius 2 is 1.81 bits per heavy atom. The Balaban J connectivity index is 1.72. The van der Waals surface area contributed by atoms with Gasteiger partial charge in [0.05, 0.1) is 18.4 Å². The highest BCUT2D eigenvalue weighted by atomic mass is 19.4. The Labute approximate surface area is 171 Å². The van der Waals surface area contributed by atoms with E-state index < -0.39 is 60.3 Å². The summed E-state index contributed by atoms with van der Waals surface area (Å²) in [5, 5.41) is 11.0. The minimum atomic E-state index is -4.64. The van der Waals surface area contributed by atoms with Crippen molar-refractivity contribution in [1.29, 1.82) is 0 Å². The quantitative estimate of drug-likeness (QED) is 0.542. The number of amides is 2. The molecule has 2 N–H and O–H groups in total. The van der Waals surface area contributed by atoms with E-state index in [1.807, 2.05) is 5.32 Å². The molecule has 0 bridgehead atoms. The number of hydrogen-bond donors (Lipinski definition) is 2. The predicted octanol–water partition coefficient (Wildman–Crippen LogP) is 2.93. The van der Waals surface area contributed by atoms with Gasteiger partial charge in [-0.25, -0.2) is 22.9 Å². The van der Waals surface area contributed by atoms with Gasteiger partial charge in [-0.1, -0.05) is 0 Å². The third-order valence-corrected chi connectivity index (χ3v) is 4.80. The maximum absolute atomic E-state index is 13.9. The molecule has 2 aromatic rings. The van der Waals surface area contributed by atoms with Gasteiger partial charge in [-0.05, 0) is 18.1 Å². The number of hydrogen-bond acceptors (Lipinski definition) is 3. The minimum absolute atomic E-state index is 0.0788. The summed E-state index contributed by atoms with van der Waals surface area (Å²) in [6.07, 6.45) is -6.07. The van der Waals surface area contributed by atoms with Gasteiger partial charge in [-0.2, -0.15) is 13.2 Å². The number of carbonyl (C=O) groups excluding carboxylic acids is 1. The van der Waals surface area contributed by atoms with Crippen LogP contribution in [0, 0.1) is 17.5 Å². The minimum Gasteiger partial charge on any atom is -0.465 e. The van der Waals surface area contributed by atoms with E-state index >= 15 is 0 Å². The zero-order valence-corrected chi connectivity index (χ0v) is 15.7. The number of nitrogens with zero attached hydrogens (tertiary/aromatic N) is 3. The fourth-order valence-corrected chi connectivity index (χ4v) is 3.40. The number of imidazole rings is 1. The molecular weight excluding hydrogens is 434 g/mol. The number of carboxylic acid groups (broad SMARTS) is 1. The number of aromatic nitrogens is 2. The molecule has 13 heteroatoms. The van der Waals surface area contributed by atoms with Crippen LogP contribution in [0.1, 0.15) is 23.5 Å². The second-order valence-electron chi connectivity index (χ2n) is 6.95. The third-order valence-electron chi connectivity index (χ3n) is 4.80. The van der Waals surface area contributed by atoms with Gasteiger partial charge in [0.2, 0.25) is 11.7 Å². The fourth-order valence-electron chi connectivity index (χ4n) is 3.40. The molecule has 1 unspecified atom stereocenters. The molecule has 2 heterocycles.